The summed E-state index contributed by atoms with van der Waals surface area (Å²) in [5.74, 6) is -1.58. The van der Waals surface area contributed by atoms with Crippen LogP contribution >= 0.6 is 15.9 Å². The highest BCUT2D eigenvalue weighted by molar-refractivity contribution is 9.10. The first-order valence-electron chi connectivity index (χ1n) is 8.16. The Hall–Kier alpha value is -2.33. The number of carbonyl (C=O) groups excluding carboxylic acids is 1. The van der Waals surface area contributed by atoms with Crippen LogP contribution < -0.4 is 10.2 Å². The van der Waals surface area contributed by atoms with Gasteiger partial charge in [-0.3, -0.25) is 0 Å². The van der Waals surface area contributed by atoms with Gasteiger partial charge in [0.1, 0.15) is 18.5 Å². The smallest absolute Gasteiger partial charge is 0.416 e. The molecule has 3 atom stereocenters. The number of nitrogens with one attached hydrogen (secondary N) is 1. The second-order valence-corrected chi connectivity index (χ2v) is 7.07. The minimum Gasteiger partial charge on any atom is -0.447 e. The van der Waals surface area contributed by atoms with Gasteiger partial charge in [-0.05, 0) is 26.0 Å². The molecule has 27 heavy (non-hydrogen) atoms. The molecule has 7 nitrogen and oxygen atoms in total. The summed E-state index contributed by atoms with van der Waals surface area (Å²) in [5.41, 5.74) is 0.370. The number of aliphatic hydroxyl groups excluding tert-OH is 1. The molecule has 0 unspecified atom stereocenters. The van der Waals surface area contributed by atoms with Crippen LogP contribution in [-0.2, 0) is 4.74 Å². The Balaban J connectivity index is 1.88. The summed E-state index contributed by atoms with van der Waals surface area (Å²) < 4.78 is 33.9. The third kappa shape index (κ3) is 4.01. The van der Waals surface area contributed by atoms with Crippen LogP contribution in [0.25, 0.3) is 0 Å². The number of aliphatic hydroxyl groups is 1. The lowest BCUT2D eigenvalue weighted by Gasteiger charge is -2.23. The predicted molar refractivity (Wildman–Crippen MR) is 97.4 cm³/mol. The van der Waals surface area contributed by atoms with Crippen LogP contribution in [0.5, 0.6) is 0 Å². The van der Waals surface area contributed by atoms with Gasteiger partial charge < -0.3 is 15.2 Å². The maximum Gasteiger partial charge on any atom is 0.416 e. The van der Waals surface area contributed by atoms with Gasteiger partial charge in [-0.15, -0.1) is 0 Å². The standard InChI is InChI=1S/C17H17BrF2N4O3/c1-8(11-4-3-10(18)5-12(11)19)22-16-21-6-13(20)15(23-16)24-14(9(2)25)7-27-17(24)26/h3-6,8-9,14,25H,7H2,1-2H3,(H,21,22,23)/t8-,9+,14+/m0/s1. The van der Waals surface area contributed by atoms with Crippen molar-refractivity contribution in [1.82, 2.24) is 9.97 Å². The summed E-state index contributed by atoms with van der Waals surface area (Å²) in [7, 11) is 0. The van der Waals surface area contributed by atoms with Crippen LogP contribution in [-0.4, -0.2) is 39.9 Å². The third-order valence-electron chi connectivity index (χ3n) is 4.19. The number of aromatic nitrogens is 2. The predicted octanol–water partition coefficient (Wildman–Crippen LogP) is 3.40. The molecule has 10 heteroatoms. The summed E-state index contributed by atoms with van der Waals surface area (Å²) in [6, 6.07) is 3.34. The van der Waals surface area contributed by atoms with Gasteiger partial charge in [0.2, 0.25) is 5.95 Å². The molecule has 0 saturated carbocycles. The molecule has 1 amide bonds. The molecule has 0 radical (unpaired) electrons. The first-order valence-corrected chi connectivity index (χ1v) is 8.95. The van der Waals surface area contributed by atoms with E-state index in [2.05, 4.69) is 31.2 Å². The fraction of sp³-hybridized carbons (Fsp3) is 0.353. The minimum atomic E-state index is -0.946. The van der Waals surface area contributed by atoms with E-state index in [0.717, 1.165) is 11.1 Å². The third-order valence-corrected chi connectivity index (χ3v) is 4.68. The number of benzene rings is 1. The number of hydrogen-bond donors (Lipinski definition) is 2. The van der Waals surface area contributed by atoms with Gasteiger partial charge in [0.25, 0.3) is 0 Å². The molecule has 2 heterocycles. The number of rotatable bonds is 5. The van der Waals surface area contributed by atoms with Crippen molar-refractivity contribution in [1.29, 1.82) is 0 Å². The average molecular weight is 443 g/mol. The van der Waals surface area contributed by atoms with Crippen LogP contribution in [0.4, 0.5) is 25.3 Å². The lowest BCUT2D eigenvalue weighted by Crippen LogP contribution is -2.42. The van der Waals surface area contributed by atoms with E-state index < -0.39 is 35.9 Å². The second kappa shape index (κ2) is 7.73. The number of nitrogens with zero attached hydrogens (tertiary/aromatic N) is 3. The number of carbonyl (C=O) groups is 1. The maximum atomic E-state index is 14.3. The summed E-state index contributed by atoms with van der Waals surface area (Å²) in [4.78, 5) is 20.8. The molecule has 1 aliphatic rings. The van der Waals surface area contributed by atoms with Gasteiger partial charge >= 0.3 is 6.09 Å². The summed E-state index contributed by atoms with van der Waals surface area (Å²) in [5, 5.41) is 12.7. The van der Waals surface area contributed by atoms with Crippen molar-refractivity contribution >= 4 is 33.8 Å². The number of ether oxygens (including phenoxy) is 1. The highest BCUT2D eigenvalue weighted by atomic mass is 79.9. The molecule has 1 aromatic carbocycles. The van der Waals surface area contributed by atoms with Gasteiger partial charge in [0.05, 0.1) is 18.3 Å². The molecule has 1 saturated heterocycles. The van der Waals surface area contributed by atoms with Crippen LogP contribution in [0, 0.1) is 11.6 Å². The van der Waals surface area contributed by atoms with Crippen LogP contribution in [0.1, 0.15) is 25.5 Å². The van der Waals surface area contributed by atoms with Gasteiger partial charge in [-0.1, -0.05) is 22.0 Å². The van der Waals surface area contributed by atoms with Gasteiger partial charge in [0.15, 0.2) is 11.6 Å². The van der Waals surface area contributed by atoms with E-state index in [1.54, 1.807) is 19.1 Å². The zero-order valence-electron chi connectivity index (χ0n) is 14.5. The van der Waals surface area contributed by atoms with Crippen LogP contribution in [0.15, 0.2) is 28.9 Å². The number of halogens is 3. The summed E-state index contributed by atoms with van der Waals surface area (Å²) >= 11 is 3.19. The van der Waals surface area contributed by atoms with Crippen molar-refractivity contribution in [3.8, 4) is 0 Å². The number of anilines is 2. The van der Waals surface area contributed by atoms with Gasteiger partial charge in [-0.2, -0.15) is 4.98 Å². The van der Waals surface area contributed by atoms with E-state index in [0.29, 0.717) is 10.0 Å². The molecule has 144 valence electrons. The fourth-order valence-corrected chi connectivity index (χ4v) is 3.09. The monoisotopic (exact) mass is 442 g/mol. The second-order valence-electron chi connectivity index (χ2n) is 6.15. The zero-order chi connectivity index (χ0) is 19.7. The Labute approximate surface area is 162 Å². The normalized spacial score (nSPS) is 19.0. The largest absolute Gasteiger partial charge is 0.447 e. The molecule has 0 aliphatic carbocycles. The van der Waals surface area contributed by atoms with Crippen molar-refractivity contribution in [2.75, 3.05) is 16.8 Å². The topological polar surface area (TPSA) is 87.6 Å². The summed E-state index contributed by atoms with van der Waals surface area (Å²) in [6.45, 7) is 3.08. The molecule has 1 aliphatic heterocycles. The van der Waals surface area contributed by atoms with Crippen molar-refractivity contribution in [2.24, 2.45) is 0 Å². The lowest BCUT2D eigenvalue weighted by atomic mass is 10.1. The zero-order valence-corrected chi connectivity index (χ0v) is 16.1. The average Bonchev–Trinajstić information content (AvgIpc) is 2.98. The van der Waals surface area contributed by atoms with Gasteiger partial charge in [0, 0.05) is 10.0 Å². The van der Waals surface area contributed by atoms with Crippen LogP contribution in [0.3, 0.4) is 0 Å². The van der Waals surface area contributed by atoms with E-state index in [9.17, 15) is 18.7 Å². The molecule has 1 fully saturated rings. The first-order chi connectivity index (χ1) is 12.8. The van der Waals surface area contributed by atoms with Crippen molar-refractivity contribution in [2.45, 2.75) is 32.0 Å². The molecular weight excluding hydrogens is 426 g/mol. The van der Waals surface area contributed by atoms with Gasteiger partial charge in [-0.25, -0.2) is 23.5 Å². The minimum absolute atomic E-state index is 0.00487. The number of hydrogen-bond acceptors (Lipinski definition) is 6. The van der Waals surface area contributed by atoms with Crippen molar-refractivity contribution in [3.63, 3.8) is 0 Å². The van der Waals surface area contributed by atoms with Crippen molar-refractivity contribution < 1.29 is 23.4 Å². The highest BCUT2D eigenvalue weighted by Gasteiger charge is 2.39. The molecule has 0 bridgehead atoms. The van der Waals surface area contributed by atoms with E-state index in [4.69, 9.17) is 4.74 Å². The molecular formula is C17H17BrF2N4O3. The Morgan fingerprint density at radius 2 is 2.11 bits per heavy atom. The molecule has 2 aromatic rings. The Bertz CT molecular complexity index is 868. The quantitative estimate of drug-likeness (QED) is 0.737. The maximum absolute atomic E-state index is 14.3. The molecule has 0 spiro atoms. The number of cyclic esters (lactones) is 1. The van der Waals surface area contributed by atoms with E-state index in [1.165, 1.54) is 13.0 Å². The summed E-state index contributed by atoms with van der Waals surface area (Å²) in [6.07, 6.45) is -0.852. The van der Waals surface area contributed by atoms with E-state index in [-0.39, 0.29) is 18.4 Å². The Morgan fingerprint density at radius 1 is 1.37 bits per heavy atom. The van der Waals surface area contributed by atoms with Crippen LogP contribution in [0.2, 0.25) is 0 Å². The molecule has 1 aromatic heterocycles. The fourth-order valence-electron chi connectivity index (χ4n) is 2.76. The first kappa shape index (κ1) is 19.4. The van der Waals surface area contributed by atoms with E-state index >= 15 is 0 Å². The molecule has 3 rings (SSSR count). The van der Waals surface area contributed by atoms with Crippen molar-refractivity contribution in [3.05, 3.63) is 46.1 Å². The Morgan fingerprint density at radius 3 is 2.78 bits per heavy atom. The number of amides is 1. The Kier molecular flexibility index (Phi) is 5.56. The SMILES string of the molecule is C[C@H](Nc1ncc(F)c(N2C(=O)OC[C@@H]2[C@@H](C)O)n1)c1ccc(Br)cc1F. The molecule has 2 N–H and O–H groups in total. The highest BCUT2D eigenvalue weighted by Crippen LogP contribution is 2.28. The van der Waals surface area contributed by atoms with E-state index in [1.807, 2.05) is 0 Å². The lowest BCUT2D eigenvalue weighted by molar-refractivity contribution is 0.142.